The number of benzene rings is 2. The zero-order valence-corrected chi connectivity index (χ0v) is 16.2. The van der Waals surface area contributed by atoms with Crippen LogP contribution < -0.4 is 14.8 Å². The number of unbranched alkanes of at least 4 members (excludes halogenated alkanes) is 2. The molecule has 0 aliphatic rings. The fourth-order valence-electron chi connectivity index (χ4n) is 2.63. The Morgan fingerprint density at radius 3 is 2.41 bits per heavy atom. The van der Waals surface area contributed by atoms with Crippen LogP contribution in [-0.2, 0) is 10.0 Å². The van der Waals surface area contributed by atoms with Gasteiger partial charge in [0.05, 0.1) is 11.3 Å². The lowest BCUT2D eigenvalue weighted by atomic mass is 10.1. The number of nitrogens with two attached hydrogens (primary N) is 1. The molecule has 2 rings (SSSR count). The minimum atomic E-state index is -4.21. The molecule has 0 spiro atoms. The van der Waals surface area contributed by atoms with Gasteiger partial charge in [-0.05, 0) is 30.7 Å². The summed E-state index contributed by atoms with van der Waals surface area (Å²) in [6.45, 7) is 2.69. The van der Waals surface area contributed by atoms with Gasteiger partial charge in [-0.15, -0.1) is 0 Å². The third-order valence-corrected chi connectivity index (χ3v) is 4.98. The van der Waals surface area contributed by atoms with Crippen molar-refractivity contribution >= 4 is 21.7 Å². The smallest absolute Gasteiger partial charge is 0.335 e. The highest BCUT2D eigenvalue weighted by Gasteiger charge is 2.25. The van der Waals surface area contributed by atoms with Crippen molar-refractivity contribution in [3.63, 3.8) is 0 Å². The van der Waals surface area contributed by atoms with Crippen molar-refractivity contribution in [2.45, 2.75) is 31.1 Å². The molecule has 0 saturated heterocycles. The molecule has 0 unspecified atom stereocenters. The summed E-state index contributed by atoms with van der Waals surface area (Å²) >= 11 is 0. The second-order valence-electron chi connectivity index (χ2n) is 6.22. The van der Waals surface area contributed by atoms with Crippen molar-refractivity contribution in [3.8, 4) is 11.5 Å². The first-order valence-electron chi connectivity index (χ1n) is 8.62. The Balaban J connectivity index is 2.62. The molecule has 0 saturated carbocycles. The van der Waals surface area contributed by atoms with Crippen LogP contribution in [0.5, 0.6) is 11.5 Å². The van der Waals surface area contributed by atoms with Crippen LogP contribution in [0.25, 0.3) is 0 Å². The van der Waals surface area contributed by atoms with E-state index in [2.05, 4.69) is 6.92 Å². The van der Waals surface area contributed by atoms with Crippen LogP contribution in [0.2, 0.25) is 0 Å². The molecule has 2 aromatic carbocycles. The number of sulfonamides is 1. The highest BCUT2D eigenvalue weighted by molar-refractivity contribution is 7.89. The molecule has 0 aliphatic heterocycles. The predicted molar refractivity (Wildman–Crippen MR) is 104 cm³/mol. The minimum absolute atomic E-state index is 0.0210. The van der Waals surface area contributed by atoms with Crippen LogP contribution >= 0.6 is 0 Å². The third kappa shape index (κ3) is 5.45. The summed E-state index contributed by atoms with van der Waals surface area (Å²) < 4.78 is 30.1. The topological polar surface area (TPSA) is 110 Å². The van der Waals surface area contributed by atoms with Crippen LogP contribution in [0.1, 0.15) is 36.5 Å². The van der Waals surface area contributed by atoms with Crippen LogP contribution in [0.4, 0.5) is 5.69 Å². The number of rotatable bonds is 9. The van der Waals surface area contributed by atoms with Gasteiger partial charge in [-0.25, -0.2) is 18.4 Å². The SMILES string of the molecule is CCCCCN(C)c1cc(C(=O)O)cc(S(N)(=O)=O)c1Oc1ccccc1. The summed E-state index contributed by atoms with van der Waals surface area (Å²) in [6, 6.07) is 11.1. The number of ether oxygens (including phenoxy) is 1. The van der Waals surface area contributed by atoms with Crippen LogP contribution in [-0.4, -0.2) is 33.1 Å². The summed E-state index contributed by atoms with van der Waals surface area (Å²) in [5.41, 5.74) is 0.190. The van der Waals surface area contributed by atoms with Gasteiger partial charge < -0.3 is 14.7 Å². The van der Waals surface area contributed by atoms with Gasteiger partial charge in [-0.2, -0.15) is 0 Å². The number of carboxylic acids is 1. The standard InChI is InChI=1S/C19H24N2O5S/c1-3-4-8-11-21(2)16-12-14(19(22)23)13-17(27(20,24)25)18(16)26-15-9-6-5-7-10-15/h5-7,9-10,12-13H,3-4,8,11H2,1-2H3,(H,22,23)(H2,20,24,25). The predicted octanol–water partition coefficient (Wildman–Crippen LogP) is 3.45. The van der Waals surface area contributed by atoms with Crippen LogP contribution in [0, 0.1) is 0 Å². The van der Waals surface area contributed by atoms with E-state index in [9.17, 15) is 18.3 Å². The molecule has 0 radical (unpaired) electrons. The minimum Gasteiger partial charge on any atom is -0.478 e. The zero-order chi connectivity index (χ0) is 20.0. The number of carbonyl (C=O) groups is 1. The number of carboxylic acid groups (broad SMARTS) is 1. The fraction of sp³-hybridized carbons (Fsp3) is 0.316. The average Bonchev–Trinajstić information content (AvgIpc) is 2.61. The maximum Gasteiger partial charge on any atom is 0.335 e. The number of primary sulfonamides is 1. The van der Waals surface area contributed by atoms with E-state index in [1.807, 2.05) is 0 Å². The molecule has 27 heavy (non-hydrogen) atoms. The molecule has 3 N–H and O–H groups in total. The molecule has 0 bridgehead atoms. The van der Waals surface area contributed by atoms with Crippen molar-refractivity contribution in [3.05, 3.63) is 48.0 Å². The number of hydrogen-bond acceptors (Lipinski definition) is 5. The molecule has 2 aromatic rings. The highest BCUT2D eigenvalue weighted by atomic mass is 32.2. The van der Waals surface area contributed by atoms with Gasteiger partial charge in [0.1, 0.15) is 10.6 Å². The van der Waals surface area contributed by atoms with E-state index in [1.54, 1.807) is 42.3 Å². The number of anilines is 1. The van der Waals surface area contributed by atoms with Gasteiger partial charge in [0.15, 0.2) is 5.75 Å². The molecule has 7 nitrogen and oxygen atoms in total. The van der Waals surface area contributed by atoms with E-state index >= 15 is 0 Å². The largest absolute Gasteiger partial charge is 0.478 e. The van der Waals surface area contributed by atoms with E-state index in [4.69, 9.17) is 9.88 Å². The molecule has 0 fully saturated rings. The van der Waals surface area contributed by atoms with Gasteiger partial charge in [0.25, 0.3) is 0 Å². The molecule has 146 valence electrons. The summed E-state index contributed by atoms with van der Waals surface area (Å²) in [4.78, 5) is 12.9. The third-order valence-electron chi connectivity index (χ3n) is 4.06. The van der Waals surface area contributed by atoms with Crippen molar-refractivity contribution in [2.24, 2.45) is 5.14 Å². The number of nitrogens with zero attached hydrogens (tertiary/aromatic N) is 1. The lowest BCUT2D eigenvalue weighted by molar-refractivity contribution is 0.0696. The Hall–Kier alpha value is -2.58. The maximum absolute atomic E-state index is 12.1. The Labute approximate surface area is 159 Å². The normalized spacial score (nSPS) is 11.2. The zero-order valence-electron chi connectivity index (χ0n) is 15.4. The summed E-state index contributed by atoms with van der Waals surface area (Å²) in [5, 5.41) is 14.7. The van der Waals surface area contributed by atoms with E-state index in [-0.39, 0.29) is 16.2 Å². The lowest BCUT2D eigenvalue weighted by Gasteiger charge is -2.24. The number of hydrogen-bond donors (Lipinski definition) is 2. The molecule has 8 heteroatoms. The van der Waals surface area contributed by atoms with E-state index in [1.165, 1.54) is 6.07 Å². The monoisotopic (exact) mass is 392 g/mol. The summed E-state index contributed by atoms with van der Waals surface area (Å²) in [5.74, 6) is -0.796. The first-order chi connectivity index (χ1) is 12.7. The lowest BCUT2D eigenvalue weighted by Crippen LogP contribution is -2.22. The number of para-hydroxylation sites is 1. The molecular formula is C19H24N2O5S. The van der Waals surface area contributed by atoms with Gasteiger partial charge >= 0.3 is 5.97 Å². The van der Waals surface area contributed by atoms with Crippen LogP contribution in [0.15, 0.2) is 47.4 Å². The first-order valence-corrected chi connectivity index (χ1v) is 10.2. The Morgan fingerprint density at radius 2 is 1.85 bits per heavy atom. The van der Waals surface area contributed by atoms with Crippen molar-refractivity contribution < 1.29 is 23.1 Å². The highest BCUT2D eigenvalue weighted by Crippen LogP contribution is 2.39. The summed E-state index contributed by atoms with van der Waals surface area (Å²) in [6.07, 6.45) is 2.90. The van der Waals surface area contributed by atoms with E-state index in [0.29, 0.717) is 18.0 Å². The molecule has 0 amide bonds. The quantitative estimate of drug-likeness (QED) is 0.633. The molecular weight excluding hydrogens is 368 g/mol. The second-order valence-corrected chi connectivity index (χ2v) is 7.75. The van der Waals surface area contributed by atoms with Gasteiger partial charge in [0.2, 0.25) is 10.0 Å². The molecule has 0 atom stereocenters. The molecule has 0 aliphatic carbocycles. The van der Waals surface area contributed by atoms with Gasteiger partial charge in [-0.1, -0.05) is 38.0 Å². The Bertz CT molecular complexity index is 898. The first kappa shape index (κ1) is 20.7. The molecule has 0 heterocycles. The summed E-state index contributed by atoms with van der Waals surface area (Å²) in [7, 11) is -2.44. The fourth-order valence-corrected chi connectivity index (χ4v) is 3.33. The second kappa shape index (κ2) is 8.88. The van der Waals surface area contributed by atoms with Crippen LogP contribution in [0.3, 0.4) is 0 Å². The van der Waals surface area contributed by atoms with E-state index < -0.39 is 16.0 Å². The Kier molecular flexibility index (Phi) is 6.81. The van der Waals surface area contributed by atoms with Crippen molar-refractivity contribution in [1.82, 2.24) is 0 Å². The van der Waals surface area contributed by atoms with Crippen molar-refractivity contribution in [2.75, 3.05) is 18.5 Å². The van der Waals surface area contributed by atoms with E-state index in [0.717, 1.165) is 25.3 Å². The van der Waals surface area contributed by atoms with Crippen molar-refractivity contribution in [1.29, 1.82) is 0 Å². The maximum atomic E-state index is 12.1. The Morgan fingerprint density at radius 1 is 1.19 bits per heavy atom. The molecule has 0 aromatic heterocycles. The number of aromatic carboxylic acids is 1. The van der Waals surface area contributed by atoms with Gasteiger partial charge in [0, 0.05) is 13.6 Å². The van der Waals surface area contributed by atoms with Gasteiger partial charge in [-0.3, -0.25) is 0 Å². The average molecular weight is 392 g/mol.